The maximum Gasteiger partial charge on any atom is 0.341 e. The molecule has 0 fully saturated rings. The number of nitrogens with zero attached hydrogens (tertiary/aromatic N) is 1. The predicted molar refractivity (Wildman–Crippen MR) is 105 cm³/mol. The maximum absolute atomic E-state index is 13.3. The SMILES string of the molecule is COC(=O)c1c(NC(=S)Nc2cccc(F)c2)sc(C(=O)N(C)C)c1C. The molecule has 0 radical (unpaired) electrons. The van der Waals surface area contributed by atoms with Crippen molar-refractivity contribution in [3.05, 3.63) is 46.1 Å². The normalized spacial score (nSPS) is 10.2. The van der Waals surface area contributed by atoms with Gasteiger partial charge in [0.1, 0.15) is 10.8 Å². The van der Waals surface area contributed by atoms with Crippen LogP contribution >= 0.6 is 23.6 Å². The summed E-state index contributed by atoms with van der Waals surface area (Å²) in [5.41, 5.74) is 1.21. The van der Waals surface area contributed by atoms with Crippen LogP contribution < -0.4 is 10.6 Å². The zero-order valence-electron chi connectivity index (χ0n) is 14.7. The number of esters is 1. The highest BCUT2D eigenvalue weighted by atomic mass is 32.1. The summed E-state index contributed by atoms with van der Waals surface area (Å²) in [5.74, 6) is -1.21. The number of nitrogens with one attached hydrogen (secondary N) is 2. The molecule has 0 saturated carbocycles. The lowest BCUT2D eigenvalue weighted by molar-refractivity contribution is 0.0601. The van der Waals surface area contributed by atoms with Crippen molar-refractivity contribution in [3.63, 3.8) is 0 Å². The van der Waals surface area contributed by atoms with Gasteiger partial charge in [0.05, 0.1) is 17.6 Å². The van der Waals surface area contributed by atoms with E-state index in [2.05, 4.69) is 10.6 Å². The van der Waals surface area contributed by atoms with Crippen molar-refractivity contribution in [1.82, 2.24) is 4.90 Å². The Hall–Kier alpha value is -2.52. The fourth-order valence-corrected chi connectivity index (χ4v) is 3.69. The third-order valence-electron chi connectivity index (χ3n) is 3.45. The number of methoxy groups -OCH3 is 1. The summed E-state index contributed by atoms with van der Waals surface area (Å²) in [6, 6.07) is 5.80. The molecular weight excluding hydrogens is 377 g/mol. The highest BCUT2D eigenvalue weighted by Gasteiger charge is 2.26. The molecule has 1 aromatic carbocycles. The number of hydrogen-bond acceptors (Lipinski definition) is 5. The summed E-state index contributed by atoms with van der Waals surface area (Å²) in [6.45, 7) is 1.67. The van der Waals surface area contributed by atoms with E-state index in [1.165, 1.54) is 24.1 Å². The lowest BCUT2D eigenvalue weighted by Gasteiger charge is -2.10. The molecule has 2 aromatic rings. The number of thiophene rings is 1. The van der Waals surface area contributed by atoms with E-state index in [0.717, 1.165) is 11.3 Å². The molecule has 0 saturated heterocycles. The first kappa shape index (κ1) is 19.8. The van der Waals surface area contributed by atoms with Gasteiger partial charge in [0.15, 0.2) is 5.11 Å². The fourth-order valence-electron chi connectivity index (χ4n) is 2.19. The molecule has 1 amide bonds. The van der Waals surface area contributed by atoms with Crippen molar-refractivity contribution in [1.29, 1.82) is 0 Å². The van der Waals surface area contributed by atoms with Crippen molar-refractivity contribution in [2.24, 2.45) is 0 Å². The van der Waals surface area contributed by atoms with Crippen LogP contribution in [0, 0.1) is 12.7 Å². The van der Waals surface area contributed by atoms with E-state index in [4.69, 9.17) is 17.0 Å². The number of ether oxygens (including phenoxy) is 1. The Labute approximate surface area is 160 Å². The standard InChI is InChI=1S/C17H18FN3O3S2/c1-9-12(16(23)24-4)14(26-13(9)15(22)21(2)3)20-17(25)19-11-7-5-6-10(18)8-11/h5-8H,1-4H3,(H2,19,20,25). The summed E-state index contributed by atoms with van der Waals surface area (Å²) in [4.78, 5) is 26.3. The number of rotatable bonds is 4. The van der Waals surface area contributed by atoms with Crippen molar-refractivity contribution < 1.29 is 18.7 Å². The molecule has 1 aromatic heterocycles. The molecule has 2 N–H and O–H groups in total. The van der Waals surface area contributed by atoms with Gasteiger partial charge in [0.25, 0.3) is 5.91 Å². The Morgan fingerprint density at radius 1 is 1.27 bits per heavy atom. The molecule has 0 aliphatic heterocycles. The van der Waals surface area contributed by atoms with Crippen LogP contribution in [0.15, 0.2) is 24.3 Å². The summed E-state index contributed by atoms with van der Waals surface area (Å²) >= 11 is 6.33. The maximum atomic E-state index is 13.3. The highest BCUT2D eigenvalue weighted by molar-refractivity contribution is 7.80. The smallest absolute Gasteiger partial charge is 0.341 e. The number of hydrogen-bond donors (Lipinski definition) is 2. The van der Waals surface area contributed by atoms with Crippen LogP contribution in [-0.2, 0) is 4.74 Å². The Morgan fingerprint density at radius 2 is 1.96 bits per heavy atom. The molecule has 1 heterocycles. The fraction of sp³-hybridized carbons (Fsp3) is 0.235. The topological polar surface area (TPSA) is 70.7 Å². The van der Waals surface area contributed by atoms with E-state index in [9.17, 15) is 14.0 Å². The summed E-state index contributed by atoms with van der Waals surface area (Å²) in [6.07, 6.45) is 0. The van der Waals surface area contributed by atoms with Gasteiger partial charge in [-0.3, -0.25) is 4.79 Å². The van der Waals surface area contributed by atoms with Gasteiger partial charge in [0.2, 0.25) is 0 Å². The quantitative estimate of drug-likeness (QED) is 0.610. The molecule has 6 nitrogen and oxygen atoms in total. The lowest BCUT2D eigenvalue weighted by atomic mass is 10.1. The number of benzene rings is 1. The minimum Gasteiger partial charge on any atom is -0.465 e. The predicted octanol–water partition coefficient (Wildman–Crippen LogP) is 3.49. The van der Waals surface area contributed by atoms with Gasteiger partial charge in [-0.05, 0) is 42.9 Å². The Morgan fingerprint density at radius 3 is 2.54 bits per heavy atom. The van der Waals surface area contributed by atoms with E-state index in [-0.39, 0.29) is 16.6 Å². The summed E-state index contributed by atoms with van der Waals surface area (Å²) in [5, 5.41) is 6.27. The molecule has 9 heteroatoms. The lowest BCUT2D eigenvalue weighted by Crippen LogP contribution is -2.21. The zero-order chi connectivity index (χ0) is 19.4. The number of carbonyl (C=O) groups excluding carboxylic acids is 2. The van der Waals surface area contributed by atoms with Crippen LogP contribution in [0.5, 0.6) is 0 Å². The second kappa shape index (κ2) is 8.24. The van der Waals surface area contributed by atoms with Gasteiger partial charge in [-0.15, -0.1) is 11.3 Å². The van der Waals surface area contributed by atoms with E-state index in [1.54, 1.807) is 33.2 Å². The number of amides is 1. The van der Waals surface area contributed by atoms with Gasteiger partial charge in [-0.25, -0.2) is 9.18 Å². The molecule has 2 rings (SSSR count). The third kappa shape index (κ3) is 4.36. The van der Waals surface area contributed by atoms with Crippen LogP contribution in [0.4, 0.5) is 15.1 Å². The average Bonchev–Trinajstić information content (AvgIpc) is 2.89. The van der Waals surface area contributed by atoms with Crippen LogP contribution in [0.1, 0.15) is 25.6 Å². The molecule has 26 heavy (non-hydrogen) atoms. The van der Waals surface area contributed by atoms with Crippen LogP contribution in [0.2, 0.25) is 0 Å². The van der Waals surface area contributed by atoms with Crippen molar-refractivity contribution in [2.45, 2.75) is 6.92 Å². The van der Waals surface area contributed by atoms with Crippen LogP contribution in [-0.4, -0.2) is 43.1 Å². The Bertz CT molecular complexity index is 865. The molecule has 138 valence electrons. The van der Waals surface area contributed by atoms with Crippen molar-refractivity contribution >= 4 is 51.2 Å². The largest absolute Gasteiger partial charge is 0.465 e. The van der Waals surface area contributed by atoms with Gasteiger partial charge in [-0.1, -0.05) is 6.07 Å². The average molecular weight is 395 g/mol. The van der Waals surface area contributed by atoms with Gasteiger partial charge in [0, 0.05) is 19.8 Å². The molecule has 0 unspecified atom stereocenters. The van der Waals surface area contributed by atoms with E-state index in [1.807, 2.05) is 0 Å². The van der Waals surface area contributed by atoms with E-state index >= 15 is 0 Å². The second-order valence-corrected chi connectivity index (χ2v) is 6.97. The Balaban J connectivity index is 2.32. The molecular formula is C17H18FN3O3S2. The molecule has 0 spiro atoms. The molecule has 0 atom stereocenters. The van der Waals surface area contributed by atoms with E-state index in [0.29, 0.717) is 21.1 Å². The van der Waals surface area contributed by atoms with E-state index < -0.39 is 11.8 Å². The summed E-state index contributed by atoms with van der Waals surface area (Å²) in [7, 11) is 4.52. The highest BCUT2D eigenvalue weighted by Crippen LogP contribution is 2.34. The minimum atomic E-state index is -0.576. The minimum absolute atomic E-state index is 0.158. The van der Waals surface area contributed by atoms with Crippen molar-refractivity contribution in [3.8, 4) is 0 Å². The number of carbonyl (C=O) groups is 2. The first-order valence-corrected chi connectivity index (χ1v) is 8.74. The first-order chi connectivity index (χ1) is 12.2. The number of halogens is 1. The second-order valence-electron chi connectivity index (χ2n) is 5.54. The Kier molecular flexibility index (Phi) is 6.27. The molecule has 0 aliphatic carbocycles. The summed E-state index contributed by atoms with van der Waals surface area (Å²) < 4.78 is 18.1. The molecule has 0 bridgehead atoms. The third-order valence-corrected chi connectivity index (χ3v) is 4.85. The first-order valence-electron chi connectivity index (χ1n) is 7.51. The number of anilines is 2. The number of thiocarbonyl (C=S) groups is 1. The van der Waals surface area contributed by atoms with Crippen molar-refractivity contribution in [2.75, 3.05) is 31.8 Å². The van der Waals surface area contributed by atoms with Crippen LogP contribution in [0.25, 0.3) is 0 Å². The zero-order valence-corrected chi connectivity index (χ0v) is 16.3. The van der Waals surface area contributed by atoms with Gasteiger partial charge in [-0.2, -0.15) is 0 Å². The van der Waals surface area contributed by atoms with Gasteiger partial charge < -0.3 is 20.3 Å². The van der Waals surface area contributed by atoms with Crippen LogP contribution in [0.3, 0.4) is 0 Å². The molecule has 0 aliphatic rings. The monoisotopic (exact) mass is 395 g/mol. The van der Waals surface area contributed by atoms with Gasteiger partial charge >= 0.3 is 5.97 Å².